The molecule has 49 heavy (non-hydrogen) atoms. The maximum absolute atomic E-state index is 14.7. The van der Waals surface area contributed by atoms with E-state index < -0.39 is 40.0 Å². The van der Waals surface area contributed by atoms with Crippen LogP contribution in [0.2, 0.25) is 0 Å². The Hall–Kier alpha value is -4.78. The molecule has 0 aliphatic rings. The number of aromatic nitrogens is 1. The number of nitrogen functional groups attached to an aromatic ring is 1. The van der Waals surface area contributed by atoms with E-state index in [0.717, 1.165) is 11.1 Å². The molecule has 3 aromatic carbocycles. The van der Waals surface area contributed by atoms with Gasteiger partial charge in [0.25, 0.3) is 5.91 Å². The van der Waals surface area contributed by atoms with Crippen molar-refractivity contribution in [2.75, 3.05) is 18.9 Å². The minimum Gasteiger partial charge on any atom is -0.399 e. The summed E-state index contributed by atoms with van der Waals surface area (Å²) in [6.45, 7) is 3.88. The van der Waals surface area contributed by atoms with Gasteiger partial charge in [0.15, 0.2) is 0 Å². The van der Waals surface area contributed by atoms with Crippen molar-refractivity contribution in [2.24, 2.45) is 5.92 Å². The number of amides is 2. The van der Waals surface area contributed by atoms with Crippen molar-refractivity contribution in [3.8, 4) is 0 Å². The average Bonchev–Trinajstić information content (AvgIpc) is 3.09. The molecule has 0 unspecified atom stereocenters. The summed E-state index contributed by atoms with van der Waals surface area (Å²) in [5.74, 6) is -1.96. The number of carbonyl (C=O) groups excluding carboxylic acids is 2. The third kappa shape index (κ3) is 10.1. The molecule has 0 aliphatic carbocycles. The Morgan fingerprint density at radius 3 is 1.98 bits per heavy atom. The molecule has 0 fully saturated rings. The first-order chi connectivity index (χ1) is 23.5. The number of H-pyrrole nitrogens is 1. The Kier molecular flexibility index (Phi) is 13.3. The Morgan fingerprint density at radius 2 is 1.45 bits per heavy atom. The highest BCUT2D eigenvalue weighted by atomic mass is 32.2. The van der Waals surface area contributed by atoms with Gasteiger partial charge in [-0.2, -0.15) is 4.31 Å². The molecule has 0 bridgehead atoms. The number of benzene rings is 3. The van der Waals surface area contributed by atoms with E-state index in [4.69, 9.17) is 5.73 Å². The van der Waals surface area contributed by atoms with Crippen molar-refractivity contribution < 1.29 is 23.1 Å². The number of aliphatic hydroxyl groups excluding tert-OH is 1. The zero-order chi connectivity index (χ0) is 35.4. The van der Waals surface area contributed by atoms with Gasteiger partial charge in [0, 0.05) is 37.0 Å². The van der Waals surface area contributed by atoms with E-state index in [0.29, 0.717) is 24.9 Å². The molecule has 0 aliphatic heterocycles. The lowest BCUT2D eigenvalue weighted by atomic mass is 9.84. The van der Waals surface area contributed by atoms with E-state index in [1.807, 2.05) is 74.5 Å². The molecule has 11 nitrogen and oxygen atoms in total. The molecule has 0 radical (unpaired) electrons. The van der Waals surface area contributed by atoms with Gasteiger partial charge in [0.05, 0.1) is 16.6 Å². The molecule has 12 heteroatoms. The summed E-state index contributed by atoms with van der Waals surface area (Å²) < 4.78 is 29.8. The van der Waals surface area contributed by atoms with Crippen LogP contribution in [0.4, 0.5) is 5.69 Å². The molecule has 1 heterocycles. The van der Waals surface area contributed by atoms with Crippen molar-refractivity contribution in [3.63, 3.8) is 0 Å². The lowest BCUT2D eigenvalue weighted by molar-refractivity contribution is -0.124. The molecule has 1 aromatic heterocycles. The molecule has 2 amide bonds. The number of nitrogens with zero attached hydrogens (tertiary/aromatic N) is 1. The van der Waals surface area contributed by atoms with Crippen molar-refractivity contribution in [1.82, 2.24) is 19.9 Å². The number of unbranched alkanes of at least 4 members (excludes halogenated alkanes) is 2. The van der Waals surface area contributed by atoms with E-state index in [9.17, 15) is 27.9 Å². The first-order valence-corrected chi connectivity index (χ1v) is 17.8. The largest absolute Gasteiger partial charge is 0.399 e. The third-order valence-electron chi connectivity index (χ3n) is 8.09. The van der Waals surface area contributed by atoms with Gasteiger partial charge in [0.2, 0.25) is 21.5 Å². The summed E-state index contributed by atoms with van der Waals surface area (Å²) in [6.07, 6.45) is 2.21. The molecular weight excluding hydrogens is 643 g/mol. The van der Waals surface area contributed by atoms with Crippen molar-refractivity contribution in [2.45, 2.75) is 62.6 Å². The second-order valence-electron chi connectivity index (χ2n) is 12.3. The maximum Gasteiger partial charge on any atom is 0.253 e. The zero-order valence-corrected chi connectivity index (χ0v) is 28.6. The molecule has 0 spiro atoms. The fourth-order valence-electron chi connectivity index (χ4n) is 5.67. The number of sulfonamides is 1. The summed E-state index contributed by atoms with van der Waals surface area (Å²) >= 11 is 0. The predicted molar refractivity (Wildman–Crippen MR) is 190 cm³/mol. The van der Waals surface area contributed by atoms with Crippen molar-refractivity contribution in [3.05, 3.63) is 130 Å². The smallest absolute Gasteiger partial charge is 0.253 e. The van der Waals surface area contributed by atoms with Crippen LogP contribution in [0.15, 0.2) is 113 Å². The fraction of sp³-hybridized carbons (Fsp3) is 0.324. The first kappa shape index (κ1) is 37.0. The van der Waals surface area contributed by atoms with E-state index in [2.05, 4.69) is 15.6 Å². The molecule has 2 atom stereocenters. The molecular formula is C37H45N5O6S. The summed E-state index contributed by atoms with van der Waals surface area (Å²) in [5, 5.41) is 15.3. The van der Waals surface area contributed by atoms with Gasteiger partial charge in [-0.25, -0.2) is 8.42 Å². The fourth-order valence-corrected chi connectivity index (χ4v) is 7.41. The van der Waals surface area contributed by atoms with Crippen LogP contribution in [0, 0.1) is 5.92 Å². The summed E-state index contributed by atoms with van der Waals surface area (Å²) in [7, 11) is -4.13. The number of aromatic amines is 1. The number of pyridine rings is 1. The molecule has 4 rings (SSSR count). The van der Waals surface area contributed by atoms with E-state index in [-0.39, 0.29) is 41.5 Å². The Labute approximate surface area is 287 Å². The van der Waals surface area contributed by atoms with E-state index >= 15 is 0 Å². The average molecular weight is 688 g/mol. The Morgan fingerprint density at radius 1 is 0.837 bits per heavy atom. The Balaban J connectivity index is 1.81. The van der Waals surface area contributed by atoms with Crippen LogP contribution >= 0.6 is 0 Å². The zero-order valence-electron chi connectivity index (χ0n) is 27.8. The van der Waals surface area contributed by atoms with Crippen LogP contribution in [0.3, 0.4) is 0 Å². The van der Waals surface area contributed by atoms with E-state index in [1.165, 1.54) is 46.9 Å². The quantitative estimate of drug-likeness (QED) is 0.0627. The van der Waals surface area contributed by atoms with Gasteiger partial charge in [0.1, 0.15) is 6.04 Å². The minimum atomic E-state index is -4.13. The molecule has 0 saturated heterocycles. The van der Waals surface area contributed by atoms with Crippen LogP contribution < -0.4 is 21.9 Å². The number of aliphatic hydroxyl groups is 1. The highest BCUT2D eigenvalue weighted by Gasteiger charge is 2.38. The lowest BCUT2D eigenvalue weighted by Crippen LogP contribution is -2.58. The number of carbonyl (C=O) groups is 2. The normalized spacial score (nSPS) is 12.9. The van der Waals surface area contributed by atoms with Gasteiger partial charge >= 0.3 is 0 Å². The van der Waals surface area contributed by atoms with Gasteiger partial charge in [-0.15, -0.1) is 0 Å². The number of hydrogen-bond donors (Lipinski definition) is 5. The van der Waals surface area contributed by atoms with Crippen molar-refractivity contribution in [1.29, 1.82) is 0 Å². The van der Waals surface area contributed by atoms with Crippen molar-refractivity contribution >= 4 is 27.5 Å². The SMILES string of the molecule is CC(C)CN([C@@H](CCCCCO)NC(=O)[C@@H](NC(=O)c1ccc(=O)[nH]c1)C(c1ccccc1)c1ccccc1)S(=O)(=O)c1ccc(N)cc1. The standard InChI is InChI=1S/C37H45N5O6S/c1-26(2)25-42(49(47,48)31-20-18-30(38)19-21-31)32(16-10-5-11-23-43)40-37(46)35(41-36(45)29-17-22-33(44)39-24-29)34(27-12-6-3-7-13-27)28-14-8-4-9-15-28/h3-4,6-9,12-15,17-22,24,26,32,34-35,43H,5,10-11,16,23,25,38H2,1-2H3,(H,39,44)(H,40,46)(H,41,45)/t32-,35-/m0/s1. The van der Waals surface area contributed by atoms with Crippen LogP contribution in [-0.4, -0.2) is 60.0 Å². The van der Waals surface area contributed by atoms with Gasteiger partial charge in [-0.3, -0.25) is 14.4 Å². The van der Waals surface area contributed by atoms with Crippen LogP contribution in [0.1, 0.15) is 66.9 Å². The van der Waals surface area contributed by atoms with E-state index in [1.54, 1.807) is 0 Å². The highest BCUT2D eigenvalue weighted by molar-refractivity contribution is 7.89. The first-order valence-electron chi connectivity index (χ1n) is 16.4. The molecule has 6 N–H and O–H groups in total. The minimum absolute atomic E-state index is 0.00877. The summed E-state index contributed by atoms with van der Waals surface area (Å²) in [6, 6.07) is 25.9. The van der Waals surface area contributed by atoms with Crippen LogP contribution in [0.5, 0.6) is 0 Å². The van der Waals surface area contributed by atoms with Crippen LogP contribution in [-0.2, 0) is 14.8 Å². The molecule has 260 valence electrons. The monoisotopic (exact) mass is 687 g/mol. The number of anilines is 1. The second-order valence-corrected chi connectivity index (χ2v) is 14.2. The third-order valence-corrected chi connectivity index (χ3v) is 9.98. The summed E-state index contributed by atoms with van der Waals surface area (Å²) in [4.78, 5) is 42.6. The lowest BCUT2D eigenvalue weighted by Gasteiger charge is -2.35. The van der Waals surface area contributed by atoms with Gasteiger partial charge in [-0.1, -0.05) is 80.9 Å². The summed E-state index contributed by atoms with van der Waals surface area (Å²) in [5.41, 5.74) is 7.54. The topological polar surface area (TPSA) is 175 Å². The van der Waals surface area contributed by atoms with Crippen LogP contribution in [0.25, 0.3) is 0 Å². The second kappa shape index (κ2) is 17.6. The predicted octanol–water partition coefficient (Wildman–Crippen LogP) is 4.23. The number of rotatable bonds is 17. The maximum atomic E-state index is 14.7. The number of hydrogen-bond acceptors (Lipinski definition) is 7. The Bertz CT molecular complexity index is 1760. The molecule has 4 aromatic rings. The number of nitrogens with two attached hydrogens (primary N) is 1. The van der Waals surface area contributed by atoms with Gasteiger partial charge < -0.3 is 26.5 Å². The number of nitrogens with one attached hydrogen (secondary N) is 3. The molecule has 0 saturated carbocycles. The van der Waals surface area contributed by atoms with Gasteiger partial charge in [-0.05, 0) is 66.6 Å². The highest BCUT2D eigenvalue weighted by Crippen LogP contribution is 2.30.